The molecule has 0 aromatic carbocycles. The maximum atomic E-state index is 12.6. The second-order valence-electron chi connectivity index (χ2n) is 15.8. The molecule has 0 radical (unpaired) electrons. The monoisotopic (exact) mass is 782 g/mol. The Morgan fingerprint density at radius 1 is 0.537 bits per heavy atom. The van der Waals surface area contributed by atoms with Crippen LogP contribution >= 0.6 is 0 Å². The van der Waals surface area contributed by atoms with E-state index in [2.05, 4.69) is 43.5 Å². The largest absolute Gasteiger partial charge is 0.387 e. The maximum absolute atomic E-state index is 12.6. The lowest BCUT2D eigenvalue weighted by atomic mass is 10.0. The number of rotatable bonds is 41. The van der Waals surface area contributed by atoms with E-state index in [1.165, 1.54) is 154 Å². The molecule has 0 aliphatic rings. The summed E-state index contributed by atoms with van der Waals surface area (Å²) in [5.74, 6) is -1.53. The summed E-state index contributed by atoms with van der Waals surface area (Å²) in [5, 5.41) is 23.5. The lowest BCUT2D eigenvalue weighted by Gasteiger charge is -2.22. The van der Waals surface area contributed by atoms with E-state index in [9.17, 15) is 28.0 Å². The number of allylic oxidation sites excluding steroid dienone is 5. The minimum absolute atomic E-state index is 0.280. The van der Waals surface area contributed by atoms with Crippen molar-refractivity contribution < 1.29 is 28.0 Å². The standard InChI is InChI=1S/C46H87NO6S/c1-3-5-7-9-11-13-15-17-19-21-22-23-25-27-29-31-33-35-37-39-41-45(49)46(50)47-43(42-54(51,52)53)44(48)40-38-36-34-32-30-28-26-24-20-18-16-14-12-10-8-6-4-2/h5,7,11,13,38,40,43-45,48-49H,3-4,6,8-10,12,14-37,39,41-42H2,1-2H3,(H,47,50)(H,51,52,53)/b7-5-,13-11-,40-38+. The van der Waals surface area contributed by atoms with Gasteiger partial charge < -0.3 is 15.5 Å². The highest BCUT2D eigenvalue weighted by Gasteiger charge is 2.27. The number of aliphatic hydroxyl groups is 2. The third-order valence-electron chi connectivity index (χ3n) is 10.4. The van der Waals surface area contributed by atoms with Crippen molar-refractivity contribution in [2.45, 2.75) is 244 Å². The highest BCUT2D eigenvalue weighted by atomic mass is 32.2. The molecule has 3 atom stereocenters. The van der Waals surface area contributed by atoms with Crippen molar-refractivity contribution in [3.05, 3.63) is 36.5 Å². The van der Waals surface area contributed by atoms with Crippen LogP contribution in [0.1, 0.15) is 226 Å². The van der Waals surface area contributed by atoms with Gasteiger partial charge in [-0.05, 0) is 44.9 Å². The average Bonchev–Trinajstić information content (AvgIpc) is 3.14. The first-order valence-corrected chi connectivity index (χ1v) is 24.4. The molecule has 0 aliphatic heterocycles. The molecule has 318 valence electrons. The normalized spacial score (nSPS) is 14.1. The van der Waals surface area contributed by atoms with Gasteiger partial charge in [-0.15, -0.1) is 0 Å². The van der Waals surface area contributed by atoms with Crippen molar-refractivity contribution in [1.82, 2.24) is 5.32 Å². The van der Waals surface area contributed by atoms with Gasteiger partial charge in [0.15, 0.2) is 0 Å². The van der Waals surface area contributed by atoms with Crippen molar-refractivity contribution in [3.8, 4) is 0 Å². The topological polar surface area (TPSA) is 124 Å². The van der Waals surface area contributed by atoms with Gasteiger partial charge in [0, 0.05) is 0 Å². The van der Waals surface area contributed by atoms with Crippen molar-refractivity contribution in [2.24, 2.45) is 0 Å². The predicted molar refractivity (Wildman–Crippen MR) is 231 cm³/mol. The summed E-state index contributed by atoms with van der Waals surface area (Å²) in [6, 6.07) is -1.23. The average molecular weight is 782 g/mol. The molecule has 8 heteroatoms. The summed E-state index contributed by atoms with van der Waals surface area (Å²) in [7, 11) is -4.44. The van der Waals surface area contributed by atoms with Crippen LogP contribution in [-0.2, 0) is 14.9 Å². The quantitative estimate of drug-likeness (QED) is 0.0278. The van der Waals surface area contributed by atoms with Gasteiger partial charge in [0.2, 0.25) is 5.91 Å². The zero-order chi connectivity index (χ0) is 39.8. The SMILES string of the molecule is CC/C=C\C/C=C\CCCCCCCCCCCCCCCC(O)C(=O)NC(CS(=O)(=O)O)C(O)/C=C/CCCCCCCCCCCCCCCCC. The van der Waals surface area contributed by atoms with E-state index < -0.39 is 40.0 Å². The lowest BCUT2D eigenvalue weighted by Crippen LogP contribution is -2.50. The van der Waals surface area contributed by atoms with Crippen LogP contribution in [-0.4, -0.2) is 53.1 Å². The zero-order valence-corrected chi connectivity index (χ0v) is 36.0. The number of carbonyl (C=O) groups excluding carboxylic acids is 1. The van der Waals surface area contributed by atoms with Gasteiger partial charge in [-0.3, -0.25) is 9.35 Å². The van der Waals surface area contributed by atoms with Crippen LogP contribution in [0.25, 0.3) is 0 Å². The van der Waals surface area contributed by atoms with Gasteiger partial charge in [0.25, 0.3) is 10.1 Å². The molecule has 0 fully saturated rings. The number of amides is 1. The Bertz CT molecular complexity index is 1010. The van der Waals surface area contributed by atoms with E-state index in [4.69, 9.17) is 0 Å². The molecule has 0 bridgehead atoms. The minimum Gasteiger partial charge on any atom is -0.387 e. The molecule has 0 heterocycles. The van der Waals surface area contributed by atoms with E-state index in [1.807, 2.05) is 6.08 Å². The molecule has 0 saturated carbocycles. The molecule has 0 aromatic heterocycles. The molecule has 0 aliphatic carbocycles. The fourth-order valence-corrected chi connectivity index (χ4v) is 7.70. The predicted octanol–water partition coefficient (Wildman–Crippen LogP) is 12.7. The summed E-state index contributed by atoms with van der Waals surface area (Å²) >= 11 is 0. The first kappa shape index (κ1) is 52.5. The van der Waals surface area contributed by atoms with Gasteiger partial charge in [-0.2, -0.15) is 8.42 Å². The van der Waals surface area contributed by atoms with Crippen LogP contribution < -0.4 is 5.32 Å². The molecular formula is C46H87NO6S. The Hall–Kier alpha value is -1.48. The Labute approximate surface area is 334 Å². The van der Waals surface area contributed by atoms with Crippen LogP contribution in [0.3, 0.4) is 0 Å². The molecule has 0 rings (SSSR count). The molecule has 54 heavy (non-hydrogen) atoms. The highest BCUT2D eigenvalue weighted by molar-refractivity contribution is 7.85. The molecule has 0 spiro atoms. The zero-order valence-electron chi connectivity index (χ0n) is 35.2. The van der Waals surface area contributed by atoms with Gasteiger partial charge in [-0.1, -0.05) is 217 Å². The lowest BCUT2D eigenvalue weighted by molar-refractivity contribution is -0.130. The smallest absolute Gasteiger partial charge is 0.267 e. The van der Waals surface area contributed by atoms with Gasteiger partial charge >= 0.3 is 0 Å². The van der Waals surface area contributed by atoms with Gasteiger partial charge in [-0.25, -0.2) is 0 Å². The molecule has 1 amide bonds. The number of carbonyl (C=O) groups is 1. The highest BCUT2D eigenvalue weighted by Crippen LogP contribution is 2.16. The van der Waals surface area contributed by atoms with Crippen LogP contribution in [0.5, 0.6) is 0 Å². The Morgan fingerprint density at radius 3 is 1.35 bits per heavy atom. The molecule has 4 N–H and O–H groups in total. The summed E-state index contributed by atoms with van der Waals surface area (Å²) in [6.07, 6.45) is 49.1. The third kappa shape index (κ3) is 38.8. The molecule has 3 unspecified atom stereocenters. The third-order valence-corrected chi connectivity index (χ3v) is 11.2. The van der Waals surface area contributed by atoms with E-state index >= 15 is 0 Å². The summed E-state index contributed by atoms with van der Waals surface area (Å²) < 4.78 is 32.6. The van der Waals surface area contributed by atoms with E-state index in [1.54, 1.807) is 0 Å². The Kier molecular flexibility index (Phi) is 38.7. The number of hydrogen-bond acceptors (Lipinski definition) is 5. The molecule has 0 saturated heterocycles. The van der Waals surface area contributed by atoms with Crippen LogP contribution in [0.15, 0.2) is 36.5 Å². The first-order chi connectivity index (χ1) is 26.2. The molecule has 0 aromatic rings. The van der Waals surface area contributed by atoms with E-state index in [0.717, 1.165) is 51.4 Å². The molecular weight excluding hydrogens is 695 g/mol. The van der Waals surface area contributed by atoms with Crippen LogP contribution in [0.4, 0.5) is 0 Å². The van der Waals surface area contributed by atoms with Gasteiger partial charge in [0.05, 0.1) is 17.9 Å². The number of aliphatic hydroxyl groups excluding tert-OH is 2. The van der Waals surface area contributed by atoms with E-state index in [0.29, 0.717) is 6.42 Å². The van der Waals surface area contributed by atoms with Crippen LogP contribution in [0, 0.1) is 0 Å². The van der Waals surface area contributed by atoms with Crippen molar-refractivity contribution in [3.63, 3.8) is 0 Å². The summed E-state index contributed by atoms with van der Waals surface area (Å²) in [6.45, 7) is 4.42. The van der Waals surface area contributed by atoms with Crippen LogP contribution in [0.2, 0.25) is 0 Å². The van der Waals surface area contributed by atoms with Crippen molar-refractivity contribution >= 4 is 16.0 Å². The summed E-state index contributed by atoms with van der Waals surface area (Å²) in [5.41, 5.74) is 0. The number of nitrogens with one attached hydrogen (secondary N) is 1. The van der Waals surface area contributed by atoms with E-state index in [-0.39, 0.29) is 6.42 Å². The fraction of sp³-hybridized carbons (Fsp3) is 0.848. The number of unbranched alkanes of at least 4 members (excludes halogenated alkanes) is 28. The Balaban J connectivity index is 3.95. The molecule has 7 nitrogen and oxygen atoms in total. The summed E-state index contributed by atoms with van der Waals surface area (Å²) in [4.78, 5) is 12.6. The fourth-order valence-electron chi connectivity index (χ4n) is 6.97. The van der Waals surface area contributed by atoms with Crippen molar-refractivity contribution in [2.75, 3.05) is 5.75 Å². The van der Waals surface area contributed by atoms with Gasteiger partial charge in [0.1, 0.15) is 6.10 Å². The minimum atomic E-state index is -4.44. The second-order valence-corrected chi connectivity index (χ2v) is 17.3. The first-order valence-electron chi connectivity index (χ1n) is 22.8. The second kappa shape index (κ2) is 39.7. The maximum Gasteiger partial charge on any atom is 0.267 e. The van der Waals surface area contributed by atoms with Crippen molar-refractivity contribution in [1.29, 1.82) is 0 Å². The Morgan fingerprint density at radius 2 is 0.926 bits per heavy atom. The number of hydrogen-bond donors (Lipinski definition) is 4.